The molecule has 1 aromatic carbocycles. The van der Waals surface area contributed by atoms with Crippen LogP contribution >= 0.6 is 0 Å². The zero-order chi connectivity index (χ0) is 27.5. The van der Waals surface area contributed by atoms with Gasteiger partial charge in [-0.2, -0.15) is 0 Å². The molecule has 0 saturated carbocycles. The molecule has 0 aliphatic carbocycles. The summed E-state index contributed by atoms with van der Waals surface area (Å²) < 4.78 is 0. The van der Waals surface area contributed by atoms with E-state index in [1.54, 1.807) is 6.21 Å². The molecule has 1 aromatic heterocycles. The van der Waals surface area contributed by atoms with Crippen LogP contribution in [0.5, 0.6) is 0 Å². The van der Waals surface area contributed by atoms with E-state index in [9.17, 15) is 9.90 Å². The van der Waals surface area contributed by atoms with Gasteiger partial charge in [0.05, 0.1) is 6.10 Å². The van der Waals surface area contributed by atoms with Crippen molar-refractivity contribution in [1.82, 2.24) is 9.88 Å². The molecule has 0 spiro atoms. The van der Waals surface area contributed by atoms with Crippen LogP contribution in [0.25, 0.3) is 16.7 Å². The summed E-state index contributed by atoms with van der Waals surface area (Å²) in [5.41, 5.74) is 12.4. The predicted octanol–water partition coefficient (Wildman–Crippen LogP) is 5.86. The Hall–Kier alpha value is -3.35. The van der Waals surface area contributed by atoms with Gasteiger partial charge in [-0.25, -0.2) is 4.99 Å². The maximum Gasteiger partial charge on any atom is 0.162 e. The summed E-state index contributed by atoms with van der Waals surface area (Å²) in [7, 11) is 0. The van der Waals surface area contributed by atoms with E-state index in [0.717, 1.165) is 85.1 Å². The number of benzene rings is 1. The lowest BCUT2D eigenvalue weighted by molar-refractivity contribution is -0.113. The second kappa shape index (κ2) is 14.6. The lowest BCUT2D eigenvalue weighted by Crippen LogP contribution is -2.35. The highest BCUT2D eigenvalue weighted by atomic mass is 16.3. The number of carbonyl (C=O) groups excluding carboxylic acids is 1. The van der Waals surface area contributed by atoms with Gasteiger partial charge in [0.25, 0.3) is 0 Å². The molecule has 0 bridgehead atoms. The summed E-state index contributed by atoms with van der Waals surface area (Å²) in [6, 6.07) is 8.52. The minimum absolute atomic E-state index is 0.0642. The number of aliphatic hydroxyl groups is 1. The van der Waals surface area contributed by atoms with Gasteiger partial charge in [-0.15, -0.1) is 0 Å². The SMILES string of the molecule is C=C(N)/N=C\C(=C/C)CCCC(=O)C(=C)c1cc(-c2cncc(CN3CCC(O)CC3)c2)ccc1CCC. The number of aliphatic hydroxyl groups excluding tert-OH is 1. The number of ketones is 1. The van der Waals surface area contributed by atoms with Gasteiger partial charge in [-0.1, -0.05) is 44.7 Å². The van der Waals surface area contributed by atoms with Crippen molar-refractivity contribution >= 4 is 17.6 Å². The number of allylic oxidation sites excluding steroid dienone is 3. The number of hydrogen-bond donors (Lipinski definition) is 2. The molecule has 1 fully saturated rings. The minimum atomic E-state index is -0.179. The van der Waals surface area contributed by atoms with Crippen LogP contribution in [0.3, 0.4) is 0 Å². The first-order valence-corrected chi connectivity index (χ1v) is 13.6. The Morgan fingerprint density at radius 1 is 1.18 bits per heavy atom. The number of pyridine rings is 1. The Bertz CT molecular complexity index is 1190. The minimum Gasteiger partial charge on any atom is -0.393 e. The first-order valence-electron chi connectivity index (χ1n) is 13.6. The van der Waals surface area contributed by atoms with Crippen molar-refractivity contribution in [3.63, 3.8) is 0 Å². The molecule has 2 aromatic rings. The Kier molecular flexibility index (Phi) is 11.2. The molecule has 2 heterocycles. The number of hydrogen-bond acceptors (Lipinski definition) is 6. The number of nitrogens with two attached hydrogens (primary N) is 1. The fourth-order valence-electron chi connectivity index (χ4n) is 4.80. The highest BCUT2D eigenvalue weighted by Gasteiger charge is 2.18. The van der Waals surface area contributed by atoms with Crippen molar-refractivity contribution in [3.05, 3.63) is 84.0 Å². The van der Waals surface area contributed by atoms with Gasteiger partial charge in [0, 0.05) is 55.8 Å². The number of likely N-dealkylation sites (tertiary alicyclic amines) is 1. The van der Waals surface area contributed by atoms with Gasteiger partial charge in [0.2, 0.25) is 0 Å². The van der Waals surface area contributed by atoms with Crippen molar-refractivity contribution in [2.75, 3.05) is 13.1 Å². The van der Waals surface area contributed by atoms with E-state index in [-0.39, 0.29) is 17.7 Å². The normalized spacial score (nSPS) is 15.2. The van der Waals surface area contributed by atoms with Gasteiger partial charge >= 0.3 is 0 Å². The molecule has 1 aliphatic rings. The van der Waals surface area contributed by atoms with Gasteiger partial charge in [-0.05, 0) is 79.0 Å². The number of rotatable bonds is 13. The summed E-state index contributed by atoms with van der Waals surface area (Å²) in [6.45, 7) is 14.5. The van der Waals surface area contributed by atoms with Crippen LogP contribution in [0.15, 0.2) is 72.3 Å². The van der Waals surface area contributed by atoms with Crippen molar-refractivity contribution in [2.45, 2.75) is 71.4 Å². The molecule has 0 atom stereocenters. The number of carbonyl (C=O) groups is 1. The smallest absolute Gasteiger partial charge is 0.162 e. The van der Waals surface area contributed by atoms with E-state index in [4.69, 9.17) is 5.73 Å². The summed E-state index contributed by atoms with van der Waals surface area (Å²) in [5, 5.41) is 9.79. The molecule has 1 aliphatic heterocycles. The topological polar surface area (TPSA) is 91.8 Å². The zero-order valence-corrected chi connectivity index (χ0v) is 23.0. The molecular formula is C32H42N4O2. The Morgan fingerprint density at radius 3 is 2.63 bits per heavy atom. The number of aliphatic imine (C=N–C) groups is 1. The molecule has 202 valence electrons. The predicted molar refractivity (Wildman–Crippen MR) is 158 cm³/mol. The van der Waals surface area contributed by atoms with Crippen LogP contribution in [0.2, 0.25) is 0 Å². The third kappa shape index (κ3) is 8.61. The van der Waals surface area contributed by atoms with E-state index in [0.29, 0.717) is 18.4 Å². The van der Waals surface area contributed by atoms with Crippen molar-refractivity contribution < 1.29 is 9.90 Å². The number of Topliss-reactive ketones (excluding diaryl/α,β-unsaturated/α-hetero) is 1. The largest absolute Gasteiger partial charge is 0.393 e. The third-order valence-electron chi connectivity index (χ3n) is 7.02. The van der Waals surface area contributed by atoms with Crippen molar-refractivity contribution in [2.24, 2.45) is 10.7 Å². The van der Waals surface area contributed by atoms with Crippen LogP contribution in [0.4, 0.5) is 0 Å². The number of piperidine rings is 1. The van der Waals surface area contributed by atoms with E-state index in [1.165, 1.54) is 0 Å². The van der Waals surface area contributed by atoms with Crippen LogP contribution in [0.1, 0.15) is 69.1 Å². The van der Waals surface area contributed by atoms with E-state index in [2.05, 4.69) is 59.2 Å². The number of nitrogens with zero attached hydrogens (tertiary/aromatic N) is 3. The second-order valence-electron chi connectivity index (χ2n) is 10.1. The fourth-order valence-corrected chi connectivity index (χ4v) is 4.80. The Morgan fingerprint density at radius 2 is 1.95 bits per heavy atom. The van der Waals surface area contributed by atoms with Gasteiger partial charge < -0.3 is 10.8 Å². The van der Waals surface area contributed by atoms with Gasteiger partial charge in [0.15, 0.2) is 5.78 Å². The van der Waals surface area contributed by atoms with Crippen LogP contribution < -0.4 is 5.73 Å². The van der Waals surface area contributed by atoms with E-state index in [1.807, 2.05) is 25.4 Å². The molecule has 3 N–H and O–H groups in total. The Labute approximate surface area is 227 Å². The maximum absolute atomic E-state index is 13.2. The molecule has 0 unspecified atom stereocenters. The molecule has 0 radical (unpaired) electrons. The second-order valence-corrected chi connectivity index (χ2v) is 10.1. The lowest BCUT2D eigenvalue weighted by atomic mass is 9.90. The fraction of sp³-hybridized carbons (Fsp3) is 0.406. The summed E-state index contributed by atoms with van der Waals surface area (Å²) in [4.78, 5) is 24.1. The summed E-state index contributed by atoms with van der Waals surface area (Å²) in [6.07, 6.45) is 12.7. The lowest BCUT2D eigenvalue weighted by Gasteiger charge is -2.29. The monoisotopic (exact) mass is 514 g/mol. The van der Waals surface area contributed by atoms with E-state index >= 15 is 0 Å². The molecule has 0 amide bonds. The molecule has 1 saturated heterocycles. The average Bonchev–Trinajstić information content (AvgIpc) is 2.91. The van der Waals surface area contributed by atoms with Crippen LogP contribution in [-0.4, -0.2) is 46.2 Å². The zero-order valence-electron chi connectivity index (χ0n) is 23.0. The molecule has 6 heteroatoms. The van der Waals surface area contributed by atoms with Crippen molar-refractivity contribution in [3.8, 4) is 11.1 Å². The molecule has 38 heavy (non-hydrogen) atoms. The average molecular weight is 515 g/mol. The van der Waals surface area contributed by atoms with Gasteiger partial charge in [0.1, 0.15) is 5.82 Å². The summed E-state index contributed by atoms with van der Waals surface area (Å²) in [5.74, 6) is 0.332. The number of aryl methyl sites for hydroxylation is 1. The first kappa shape index (κ1) is 29.2. The maximum atomic E-state index is 13.2. The first-order chi connectivity index (χ1) is 18.3. The highest BCUT2D eigenvalue weighted by Crippen LogP contribution is 2.29. The molecule has 6 nitrogen and oxygen atoms in total. The van der Waals surface area contributed by atoms with Crippen molar-refractivity contribution in [1.29, 1.82) is 0 Å². The van der Waals surface area contributed by atoms with Crippen LogP contribution in [-0.2, 0) is 17.8 Å². The standard InChI is InChI=1S/C32H42N4O2/c1-5-8-27-11-12-28(29-17-26(19-34-21-29)22-36-15-13-30(37)14-16-36)18-31(27)23(3)32(38)10-7-9-25(6-2)20-35-24(4)33/h6,11-12,17-21,30,37H,3-5,7-10,13-16,22,33H2,1-2H3/b25-6-,35-20-. The number of aromatic nitrogens is 1. The highest BCUT2D eigenvalue weighted by molar-refractivity contribution is 6.20. The summed E-state index contributed by atoms with van der Waals surface area (Å²) >= 11 is 0. The quantitative estimate of drug-likeness (QED) is 0.258. The Balaban J connectivity index is 1.73. The van der Waals surface area contributed by atoms with E-state index < -0.39 is 0 Å². The van der Waals surface area contributed by atoms with Crippen LogP contribution in [0, 0.1) is 0 Å². The molecule has 3 rings (SSSR count). The molecular weight excluding hydrogens is 472 g/mol. The third-order valence-corrected chi connectivity index (χ3v) is 7.02. The van der Waals surface area contributed by atoms with Gasteiger partial charge in [-0.3, -0.25) is 14.7 Å².